The molecule has 3 aromatic rings. The number of carboxylic acids is 1. The van der Waals surface area contributed by atoms with Crippen molar-refractivity contribution in [3.63, 3.8) is 0 Å². The van der Waals surface area contributed by atoms with Gasteiger partial charge in [0.1, 0.15) is 6.07 Å². The number of rotatable bonds is 4. The number of fused-ring (bicyclic) bond motifs is 1. The normalized spacial score (nSPS) is 10.7. The van der Waals surface area contributed by atoms with Crippen LogP contribution >= 0.6 is 11.6 Å². The van der Waals surface area contributed by atoms with E-state index < -0.39 is 17.4 Å². The van der Waals surface area contributed by atoms with Crippen molar-refractivity contribution in [2.45, 2.75) is 13.0 Å². The van der Waals surface area contributed by atoms with Crippen LogP contribution in [0, 0.1) is 11.3 Å². The molecule has 0 radical (unpaired) electrons. The maximum atomic E-state index is 11.2. The molecule has 24 heavy (non-hydrogen) atoms. The van der Waals surface area contributed by atoms with Gasteiger partial charge in [-0.2, -0.15) is 5.26 Å². The predicted molar refractivity (Wildman–Crippen MR) is 88.2 cm³/mol. The predicted octanol–water partition coefficient (Wildman–Crippen LogP) is 3.21. The first-order valence-electron chi connectivity index (χ1n) is 7.11. The monoisotopic (exact) mass is 341 g/mol. The van der Waals surface area contributed by atoms with Crippen molar-refractivity contribution >= 4 is 28.5 Å². The van der Waals surface area contributed by atoms with E-state index in [1.165, 1.54) is 0 Å². The number of aromatic nitrogens is 2. The molecule has 0 unspecified atom stereocenters. The van der Waals surface area contributed by atoms with Crippen molar-refractivity contribution in [1.29, 1.82) is 5.26 Å². The number of nitrogens with zero attached hydrogens (tertiary/aromatic N) is 3. The first-order valence-corrected chi connectivity index (χ1v) is 7.49. The van der Waals surface area contributed by atoms with E-state index in [0.717, 1.165) is 5.56 Å². The fourth-order valence-electron chi connectivity index (χ4n) is 2.64. The van der Waals surface area contributed by atoms with Gasteiger partial charge in [-0.05, 0) is 12.0 Å². The average molecular weight is 342 g/mol. The number of halogens is 1. The van der Waals surface area contributed by atoms with Crippen LogP contribution < -0.4 is 0 Å². The molecule has 7 heteroatoms. The maximum absolute atomic E-state index is 11.2. The van der Waals surface area contributed by atoms with Crippen LogP contribution in [0.4, 0.5) is 0 Å². The fourth-order valence-corrected chi connectivity index (χ4v) is 2.93. The maximum Gasteiger partial charge on any atom is 0.358 e. The van der Waals surface area contributed by atoms with Crippen molar-refractivity contribution < 1.29 is 15.0 Å². The number of benzene rings is 1. The molecular weight excluding hydrogens is 330 g/mol. The molecule has 0 spiro atoms. The molecule has 2 heterocycles. The van der Waals surface area contributed by atoms with Gasteiger partial charge >= 0.3 is 5.97 Å². The molecule has 0 bridgehead atoms. The van der Waals surface area contributed by atoms with E-state index in [4.69, 9.17) is 16.7 Å². The highest BCUT2D eigenvalue weighted by Gasteiger charge is 2.23. The summed E-state index contributed by atoms with van der Waals surface area (Å²) in [5.74, 6) is -1.95. The third-order valence-corrected chi connectivity index (χ3v) is 4.02. The summed E-state index contributed by atoms with van der Waals surface area (Å²) in [4.78, 5) is 14.9. The summed E-state index contributed by atoms with van der Waals surface area (Å²) >= 11 is 6.16. The van der Waals surface area contributed by atoms with Crippen molar-refractivity contribution in [2.24, 2.45) is 0 Å². The van der Waals surface area contributed by atoms with Gasteiger partial charge in [0.2, 0.25) is 0 Å². The van der Waals surface area contributed by atoms with E-state index >= 15 is 0 Å². The molecule has 0 aliphatic carbocycles. The summed E-state index contributed by atoms with van der Waals surface area (Å²) < 4.78 is 1.71. The topological polar surface area (TPSA) is 99.1 Å². The Kier molecular flexibility index (Phi) is 4.11. The Hall–Kier alpha value is -3.04. The summed E-state index contributed by atoms with van der Waals surface area (Å²) in [5, 5.41) is 28.9. The van der Waals surface area contributed by atoms with Gasteiger partial charge in [-0.15, -0.1) is 0 Å². The van der Waals surface area contributed by atoms with Crippen LogP contribution in [0.15, 0.2) is 36.5 Å². The lowest BCUT2D eigenvalue weighted by Gasteiger charge is -2.08. The Balaban J connectivity index is 2.12. The Bertz CT molecular complexity index is 974. The number of hydrogen-bond acceptors (Lipinski definition) is 4. The Labute approximate surface area is 142 Å². The second-order valence-corrected chi connectivity index (χ2v) is 5.61. The van der Waals surface area contributed by atoms with Gasteiger partial charge in [0, 0.05) is 12.7 Å². The minimum absolute atomic E-state index is 0.0832. The lowest BCUT2D eigenvalue weighted by molar-refractivity contribution is 0.0687. The zero-order valence-electron chi connectivity index (χ0n) is 12.4. The zero-order chi connectivity index (χ0) is 17.3. The molecule has 0 saturated heterocycles. The number of aryl methyl sites for hydroxylation is 2. The van der Waals surface area contributed by atoms with Crippen LogP contribution in [0.2, 0.25) is 5.02 Å². The average Bonchev–Trinajstić information content (AvgIpc) is 2.91. The lowest BCUT2D eigenvalue weighted by Crippen LogP contribution is -2.06. The van der Waals surface area contributed by atoms with E-state index in [0.29, 0.717) is 18.5 Å². The SMILES string of the molecule is N#Cc1nc(C(=O)O)c(O)c2c(Cl)cn(CCc3ccccc3)c12. The Morgan fingerprint density at radius 2 is 2.04 bits per heavy atom. The quantitative estimate of drug-likeness (QED) is 0.759. The molecule has 0 atom stereocenters. The fraction of sp³-hybridized carbons (Fsp3) is 0.118. The zero-order valence-corrected chi connectivity index (χ0v) is 13.2. The molecule has 3 rings (SSSR count). The molecule has 120 valence electrons. The van der Waals surface area contributed by atoms with Crippen LogP contribution in [0.1, 0.15) is 21.7 Å². The smallest absolute Gasteiger partial charge is 0.358 e. The van der Waals surface area contributed by atoms with Crippen LogP contribution in [0.3, 0.4) is 0 Å². The minimum atomic E-state index is -1.42. The van der Waals surface area contributed by atoms with E-state index in [1.54, 1.807) is 10.8 Å². The lowest BCUT2D eigenvalue weighted by atomic mass is 10.1. The van der Waals surface area contributed by atoms with Crippen LogP contribution in [0.25, 0.3) is 10.9 Å². The number of nitriles is 1. The second kappa shape index (κ2) is 6.22. The first kappa shape index (κ1) is 15.8. The third-order valence-electron chi connectivity index (χ3n) is 3.73. The second-order valence-electron chi connectivity index (χ2n) is 5.20. The summed E-state index contributed by atoms with van der Waals surface area (Å²) in [5.41, 5.74) is 0.774. The van der Waals surface area contributed by atoms with E-state index in [1.807, 2.05) is 36.4 Å². The Morgan fingerprint density at radius 1 is 1.33 bits per heavy atom. The highest BCUT2D eigenvalue weighted by atomic mass is 35.5. The van der Waals surface area contributed by atoms with Gasteiger partial charge in [-0.25, -0.2) is 9.78 Å². The van der Waals surface area contributed by atoms with Gasteiger partial charge in [-0.3, -0.25) is 0 Å². The van der Waals surface area contributed by atoms with Crippen LogP contribution in [-0.2, 0) is 13.0 Å². The minimum Gasteiger partial charge on any atom is -0.505 e. The summed E-state index contributed by atoms with van der Waals surface area (Å²) in [7, 11) is 0. The van der Waals surface area contributed by atoms with Crippen molar-refractivity contribution in [3.8, 4) is 11.8 Å². The van der Waals surface area contributed by atoms with E-state index in [-0.39, 0.29) is 16.1 Å². The summed E-state index contributed by atoms with van der Waals surface area (Å²) in [6.45, 7) is 0.509. The molecular formula is C17H12ClN3O3. The van der Waals surface area contributed by atoms with Gasteiger partial charge in [0.05, 0.1) is 15.9 Å². The number of aromatic carboxylic acids is 1. The first-order chi connectivity index (χ1) is 11.5. The molecule has 0 aliphatic heterocycles. The van der Waals surface area contributed by atoms with E-state index in [2.05, 4.69) is 4.98 Å². The van der Waals surface area contributed by atoms with Crippen LogP contribution in [-0.4, -0.2) is 25.7 Å². The van der Waals surface area contributed by atoms with E-state index in [9.17, 15) is 15.2 Å². The van der Waals surface area contributed by atoms with Crippen molar-refractivity contribution in [2.75, 3.05) is 0 Å². The highest BCUT2D eigenvalue weighted by Crippen LogP contribution is 2.36. The van der Waals surface area contributed by atoms with Crippen LogP contribution in [0.5, 0.6) is 5.75 Å². The van der Waals surface area contributed by atoms with Crippen molar-refractivity contribution in [3.05, 3.63) is 58.5 Å². The number of aromatic hydroxyl groups is 1. The van der Waals surface area contributed by atoms with Gasteiger partial charge in [-0.1, -0.05) is 41.9 Å². The summed E-state index contributed by atoms with van der Waals surface area (Å²) in [6, 6.07) is 11.6. The molecule has 0 aliphatic rings. The number of carbonyl (C=O) groups is 1. The highest BCUT2D eigenvalue weighted by molar-refractivity contribution is 6.36. The largest absolute Gasteiger partial charge is 0.505 e. The van der Waals surface area contributed by atoms with Gasteiger partial charge in [0.15, 0.2) is 17.1 Å². The molecule has 1 aromatic carbocycles. The molecule has 0 fully saturated rings. The number of pyridine rings is 1. The van der Waals surface area contributed by atoms with Crippen molar-refractivity contribution in [1.82, 2.24) is 9.55 Å². The molecule has 6 nitrogen and oxygen atoms in total. The number of hydrogen-bond donors (Lipinski definition) is 2. The molecule has 0 saturated carbocycles. The molecule has 0 amide bonds. The molecule has 2 aromatic heterocycles. The molecule has 2 N–H and O–H groups in total. The Morgan fingerprint density at radius 3 is 2.67 bits per heavy atom. The summed E-state index contributed by atoms with van der Waals surface area (Å²) in [6.07, 6.45) is 2.26. The number of carboxylic acid groups (broad SMARTS) is 1. The standard InChI is InChI=1S/C17H12ClN3O3/c18-11-9-21(7-6-10-4-2-1-3-5-10)15-12(8-19)20-14(17(23)24)16(22)13(11)15/h1-5,9,22H,6-7H2,(H,23,24). The third kappa shape index (κ3) is 2.66. The van der Waals surface area contributed by atoms with Gasteiger partial charge in [0.25, 0.3) is 0 Å². The van der Waals surface area contributed by atoms with Gasteiger partial charge < -0.3 is 14.8 Å².